The van der Waals surface area contributed by atoms with Gasteiger partial charge in [-0.05, 0) is 84.5 Å². The van der Waals surface area contributed by atoms with Crippen LogP contribution in [0.2, 0.25) is 0 Å². The Labute approximate surface area is 254 Å². The minimum atomic E-state index is 0.633. The molecule has 0 bridgehead atoms. The second kappa shape index (κ2) is 14.6. The normalized spacial score (nSPS) is 10.4. The Morgan fingerprint density at radius 2 is 1.30 bits per heavy atom. The molecule has 4 aromatic carbocycles. The van der Waals surface area contributed by atoms with Gasteiger partial charge in [-0.25, -0.2) is 9.36 Å². The van der Waals surface area contributed by atoms with Crippen LogP contribution in [0.3, 0.4) is 0 Å². The van der Waals surface area contributed by atoms with Crippen molar-refractivity contribution in [3.05, 3.63) is 120 Å². The fourth-order valence-corrected chi connectivity index (χ4v) is 5.04. The van der Waals surface area contributed by atoms with Crippen LogP contribution in [0.4, 0.5) is 0 Å². The van der Waals surface area contributed by atoms with Crippen molar-refractivity contribution in [1.29, 1.82) is 10.5 Å². The van der Waals surface area contributed by atoms with E-state index < -0.39 is 0 Å². The number of hydrogen-bond donors (Lipinski definition) is 0. The van der Waals surface area contributed by atoms with Crippen LogP contribution in [0.1, 0.15) is 63.3 Å². The van der Waals surface area contributed by atoms with Crippen molar-refractivity contribution < 1.29 is 0 Å². The highest BCUT2D eigenvalue weighted by atomic mass is 15.3. The van der Waals surface area contributed by atoms with Gasteiger partial charge in [0.05, 0.1) is 58.1 Å². The van der Waals surface area contributed by atoms with E-state index in [2.05, 4.69) is 79.5 Å². The summed E-state index contributed by atoms with van der Waals surface area (Å²) < 4.78 is 3.89. The van der Waals surface area contributed by atoms with Gasteiger partial charge in [0.1, 0.15) is 0 Å². The van der Waals surface area contributed by atoms with Gasteiger partial charge in [-0.15, -0.1) is 0 Å². The van der Waals surface area contributed by atoms with E-state index in [-0.39, 0.29) is 0 Å². The van der Waals surface area contributed by atoms with Crippen LogP contribution in [0.5, 0.6) is 0 Å². The maximum Gasteiger partial charge on any atom is 0.0991 e. The molecule has 0 spiro atoms. The summed E-state index contributed by atoms with van der Waals surface area (Å²) in [6.45, 7) is 10.6. The van der Waals surface area contributed by atoms with Crippen LogP contribution in [-0.2, 0) is 12.8 Å². The molecule has 6 rings (SSSR count). The van der Waals surface area contributed by atoms with Gasteiger partial charge in [0.15, 0.2) is 0 Å². The summed E-state index contributed by atoms with van der Waals surface area (Å²) in [5.74, 6) is 0.633. The summed E-state index contributed by atoms with van der Waals surface area (Å²) in [5.41, 5.74) is 8.21. The molecule has 6 heteroatoms. The van der Waals surface area contributed by atoms with E-state index in [1.807, 2.05) is 84.1 Å². The first kappa shape index (κ1) is 30.8. The standard InChI is InChI=1S/C18H17N3.C17H15N3.C2H6/c1-13(2)9-15-3-6-16-12-20-21(18(16)10-15)17-7-4-14(11-19)5-8-17;1-2-4-14-5-3-6-15-12-19-20(17(14)15)16-9-7-13(11-18)8-10-16;1-2/h3-8,10,12-13H,9H2,1-2H3;3,5-10,12H,2,4H2,1H3;1-2H3. The molecule has 43 heavy (non-hydrogen) atoms. The molecular weight excluding hydrogens is 528 g/mol. The number of aromatic nitrogens is 4. The molecule has 6 nitrogen and oxygen atoms in total. The Morgan fingerprint density at radius 1 is 0.721 bits per heavy atom. The van der Waals surface area contributed by atoms with E-state index in [9.17, 15) is 0 Å². The monoisotopic (exact) mass is 566 g/mol. The molecule has 0 N–H and O–H groups in total. The minimum absolute atomic E-state index is 0.633. The van der Waals surface area contributed by atoms with Gasteiger partial charge in [-0.1, -0.05) is 71.4 Å². The van der Waals surface area contributed by atoms with Crippen LogP contribution < -0.4 is 0 Å². The van der Waals surface area contributed by atoms with E-state index in [1.54, 1.807) is 0 Å². The third-order valence-corrected chi connectivity index (χ3v) is 6.96. The third-order valence-electron chi connectivity index (χ3n) is 6.96. The van der Waals surface area contributed by atoms with Gasteiger partial charge in [-0.3, -0.25) is 0 Å². The highest BCUT2D eigenvalue weighted by molar-refractivity contribution is 5.83. The maximum atomic E-state index is 8.88. The van der Waals surface area contributed by atoms with Crippen molar-refractivity contribution in [2.45, 2.75) is 53.9 Å². The minimum Gasteiger partial charge on any atom is -0.233 e. The van der Waals surface area contributed by atoms with Gasteiger partial charge >= 0.3 is 0 Å². The molecule has 0 radical (unpaired) electrons. The van der Waals surface area contributed by atoms with Crippen molar-refractivity contribution in [2.75, 3.05) is 0 Å². The van der Waals surface area contributed by atoms with E-state index >= 15 is 0 Å². The van der Waals surface area contributed by atoms with Crippen LogP contribution in [0, 0.1) is 28.6 Å². The molecule has 0 amide bonds. The van der Waals surface area contributed by atoms with E-state index in [1.165, 1.54) is 16.6 Å². The second-order valence-corrected chi connectivity index (χ2v) is 10.5. The molecule has 0 atom stereocenters. The van der Waals surface area contributed by atoms with Crippen LogP contribution in [-0.4, -0.2) is 19.6 Å². The SMILES string of the molecule is CC.CC(C)Cc1ccc2cnn(-c3ccc(C#N)cc3)c2c1.CCCc1cccc2cnn(-c3ccc(C#N)cc3)c12. The zero-order valence-corrected chi connectivity index (χ0v) is 25.6. The maximum absolute atomic E-state index is 8.88. The van der Waals surface area contributed by atoms with E-state index in [0.717, 1.165) is 46.9 Å². The van der Waals surface area contributed by atoms with Crippen LogP contribution in [0.15, 0.2) is 97.3 Å². The van der Waals surface area contributed by atoms with Gasteiger partial charge in [0.25, 0.3) is 0 Å². The van der Waals surface area contributed by atoms with E-state index in [4.69, 9.17) is 10.5 Å². The topological polar surface area (TPSA) is 83.2 Å². The number of aryl methyl sites for hydroxylation is 1. The molecule has 0 saturated heterocycles. The average molecular weight is 567 g/mol. The summed E-state index contributed by atoms with van der Waals surface area (Å²) in [7, 11) is 0. The predicted octanol–water partition coefficient (Wildman–Crippen LogP) is 8.97. The highest BCUT2D eigenvalue weighted by Crippen LogP contribution is 2.24. The van der Waals surface area contributed by atoms with Gasteiger partial charge in [0.2, 0.25) is 0 Å². The lowest BCUT2D eigenvalue weighted by Crippen LogP contribution is -1.98. The molecular formula is C37H38N6. The largest absolute Gasteiger partial charge is 0.233 e. The number of nitriles is 2. The number of rotatable bonds is 6. The van der Waals surface area contributed by atoms with Crippen molar-refractivity contribution in [1.82, 2.24) is 19.6 Å². The summed E-state index contributed by atoms with van der Waals surface area (Å²) in [4.78, 5) is 0. The smallest absolute Gasteiger partial charge is 0.0991 e. The summed E-state index contributed by atoms with van der Waals surface area (Å²) in [5, 5.41) is 29.0. The van der Waals surface area contributed by atoms with Crippen molar-refractivity contribution >= 4 is 21.8 Å². The summed E-state index contributed by atoms with van der Waals surface area (Å²) >= 11 is 0. The molecule has 0 fully saturated rings. The fourth-order valence-electron chi connectivity index (χ4n) is 5.04. The molecule has 0 aliphatic rings. The molecule has 0 aliphatic heterocycles. The quantitative estimate of drug-likeness (QED) is 0.201. The lowest BCUT2D eigenvalue weighted by Gasteiger charge is -2.07. The Bertz CT molecular complexity index is 1860. The third kappa shape index (κ3) is 7.18. The fraction of sp³-hybridized carbons (Fsp3) is 0.243. The lowest BCUT2D eigenvalue weighted by molar-refractivity contribution is 0.647. The van der Waals surface area contributed by atoms with Crippen molar-refractivity contribution in [3.63, 3.8) is 0 Å². The lowest BCUT2D eigenvalue weighted by atomic mass is 10.0. The zero-order chi connectivity index (χ0) is 30.8. The van der Waals surface area contributed by atoms with Gasteiger partial charge < -0.3 is 0 Å². The zero-order valence-electron chi connectivity index (χ0n) is 25.6. The Kier molecular flexibility index (Phi) is 10.5. The number of para-hydroxylation sites is 1. The van der Waals surface area contributed by atoms with Crippen molar-refractivity contribution in [3.8, 4) is 23.5 Å². The molecule has 6 aromatic rings. The summed E-state index contributed by atoms with van der Waals surface area (Å²) in [6, 6.07) is 32.1. The molecule has 0 unspecified atom stereocenters. The van der Waals surface area contributed by atoms with Gasteiger partial charge in [0, 0.05) is 10.8 Å². The number of nitrogens with zero attached hydrogens (tertiary/aromatic N) is 6. The highest BCUT2D eigenvalue weighted by Gasteiger charge is 2.10. The molecule has 0 saturated carbocycles. The number of benzene rings is 4. The summed E-state index contributed by atoms with van der Waals surface area (Å²) in [6.07, 6.45) is 6.99. The first-order chi connectivity index (χ1) is 21.0. The first-order valence-electron chi connectivity index (χ1n) is 14.9. The van der Waals surface area contributed by atoms with Crippen molar-refractivity contribution in [2.24, 2.45) is 5.92 Å². The van der Waals surface area contributed by atoms with Crippen LogP contribution in [0.25, 0.3) is 33.2 Å². The Morgan fingerprint density at radius 3 is 1.88 bits per heavy atom. The Balaban J connectivity index is 0.000000186. The molecule has 0 aliphatic carbocycles. The van der Waals surface area contributed by atoms with Gasteiger partial charge in [-0.2, -0.15) is 20.7 Å². The average Bonchev–Trinajstić information content (AvgIpc) is 3.67. The Hall–Kier alpha value is -5.20. The molecule has 2 aromatic heterocycles. The number of fused-ring (bicyclic) bond motifs is 2. The predicted molar refractivity (Wildman–Crippen MR) is 175 cm³/mol. The van der Waals surface area contributed by atoms with E-state index in [0.29, 0.717) is 17.0 Å². The van der Waals surface area contributed by atoms with Crippen LogP contribution >= 0.6 is 0 Å². The second-order valence-electron chi connectivity index (χ2n) is 10.5. The molecule has 2 heterocycles. The number of hydrogen-bond acceptors (Lipinski definition) is 4. The first-order valence-corrected chi connectivity index (χ1v) is 14.9. The molecule has 216 valence electrons.